The zero-order chi connectivity index (χ0) is 45.3. The van der Waals surface area contributed by atoms with E-state index in [1.165, 1.54) is 94.0 Å². The van der Waals surface area contributed by atoms with Gasteiger partial charge < -0.3 is 13.7 Å². The third kappa shape index (κ3) is 4.91. The second-order valence-corrected chi connectivity index (χ2v) is 20.8. The van der Waals surface area contributed by atoms with Gasteiger partial charge in [0, 0.05) is 66.0 Å². The van der Waals surface area contributed by atoms with Gasteiger partial charge in [-0.1, -0.05) is 157 Å². The predicted octanol–water partition coefficient (Wildman–Crippen LogP) is 17.8. The Kier molecular flexibility index (Phi) is 7.52. The molecule has 0 fully saturated rings. The van der Waals surface area contributed by atoms with E-state index in [4.69, 9.17) is 8.83 Å². The van der Waals surface area contributed by atoms with Crippen molar-refractivity contribution in [3.05, 3.63) is 209 Å². The van der Waals surface area contributed by atoms with Gasteiger partial charge in [-0.15, -0.1) is 0 Å². The van der Waals surface area contributed by atoms with Gasteiger partial charge in [-0.25, -0.2) is 0 Å². The molecule has 0 radical (unpaired) electrons. The third-order valence-electron chi connectivity index (χ3n) is 16.1. The summed E-state index contributed by atoms with van der Waals surface area (Å²) in [5.74, 6) is 0. The Hall–Kier alpha value is -7.62. The maximum absolute atomic E-state index is 6.97. The maximum atomic E-state index is 6.97. The van der Waals surface area contributed by atoms with Gasteiger partial charge in [0.2, 0.25) is 0 Å². The number of hydrogen-bond acceptors (Lipinski definition) is 3. The molecule has 0 amide bonds. The molecule has 0 spiro atoms. The lowest BCUT2D eigenvalue weighted by Gasteiger charge is -2.32. The van der Waals surface area contributed by atoms with Gasteiger partial charge in [0.1, 0.15) is 22.3 Å². The van der Waals surface area contributed by atoms with Crippen molar-refractivity contribution in [1.29, 1.82) is 0 Å². The number of nitrogens with zero attached hydrogens (tertiary/aromatic N) is 1. The molecule has 0 aliphatic heterocycles. The van der Waals surface area contributed by atoms with E-state index in [-0.39, 0.29) is 16.2 Å². The smallest absolute Gasteiger partial charge is 0.144 e. The molecule has 3 heteroatoms. The molecular formula is C64H49NO2. The number of benzene rings is 9. The fraction of sp³-hybridized carbons (Fsp3) is 0.156. The van der Waals surface area contributed by atoms with Crippen molar-refractivity contribution in [2.45, 2.75) is 64.7 Å². The minimum Gasteiger partial charge on any atom is -0.455 e. The Balaban J connectivity index is 0.983. The molecule has 14 rings (SSSR count). The van der Waals surface area contributed by atoms with Gasteiger partial charge in [-0.2, -0.15) is 0 Å². The van der Waals surface area contributed by atoms with Crippen molar-refractivity contribution in [3.63, 3.8) is 0 Å². The monoisotopic (exact) mass is 863 g/mol. The van der Waals surface area contributed by atoms with Crippen LogP contribution in [0.2, 0.25) is 0 Å². The Labute approximate surface area is 390 Å². The zero-order valence-electron chi connectivity index (χ0n) is 38.9. The van der Waals surface area contributed by atoms with E-state index in [9.17, 15) is 0 Å². The summed E-state index contributed by atoms with van der Waals surface area (Å²) >= 11 is 0. The van der Waals surface area contributed by atoms with Crippen molar-refractivity contribution in [2.75, 3.05) is 4.90 Å². The summed E-state index contributed by atoms with van der Waals surface area (Å²) in [4.78, 5) is 2.47. The molecule has 0 bridgehead atoms. The van der Waals surface area contributed by atoms with Gasteiger partial charge in [-0.05, 0) is 134 Å². The van der Waals surface area contributed by atoms with Crippen LogP contribution in [0.25, 0.3) is 88.4 Å². The molecule has 67 heavy (non-hydrogen) atoms. The van der Waals surface area contributed by atoms with Crippen LogP contribution in [0.15, 0.2) is 179 Å². The molecule has 11 aromatic rings. The van der Waals surface area contributed by atoms with E-state index >= 15 is 0 Å². The molecule has 0 N–H and O–H groups in total. The number of furan rings is 2. The first kappa shape index (κ1) is 38.6. The standard InChI is InChI=1S/C64H49NO2/c1-36-19-11-12-22-40(36)46-35-50-53(55-44-24-14-17-27-51(44)66-60(46)55)42-31-29-38(33-48(42)62(50,2)3)65(37-20-9-8-10-21-37)39-30-32-43-49(34-39)64(6,7)58-54(43)56-45-25-15-18-28-52(45)67-61(56)57-41-23-13-16-26-47(41)63(4,5)59(57)58/h8-35H,1-7H3. The van der Waals surface area contributed by atoms with Crippen molar-refractivity contribution in [1.82, 2.24) is 0 Å². The molecule has 2 aromatic heterocycles. The second-order valence-electron chi connectivity index (χ2n) is 20.8. The predicted molar refractivity (Wildman–Crippen MR) is 279 cm³/mol. The lowest BCUT2D eigenvalue weighted by atomic mass is 9.72. The van der Waals surface area contributed by atoms with Crippen molar-refractivity contribution < 1.29 is 8.83 Å². The summed E-state index contributed by atoms with van der Waals surface area (Å²) in [5.41, 5.74) is 25.8. The minimum absolute atomic E-state index is 0.217. The molecule has 0 atom stereocenters. The first-order valence-corrected chi connectivity index (χ1v) is 23.8. The Morgan fingerprint density at radius 2 is 0.866 bits per heavy atom. The third-order valence-corrected chi connectivity index (χ3v) is 16.1. The summed E-state index contributed by atoms with van der Waals surface area (Å²) in [6.45, 7) is 16.7. The summed E-state index contributed by atoms with van der Waals surface area (Å²) in [5, 5.41) is 4.75. The highest BCUT2D eigenvalue weighted by Crippen LogP contribution is 2.64. The maximum Gasteiger partial charge on any atom is 0.144 e. The zero-order valence-corrected chi connectivity index (χ0v) is 38.9. The van der Waals surface area contributed by atoms with E-state index in [0.29, 0.717) is 0 Å². The Morgan fingerprint density at radius 3 is 1.55 bits per heavy atom. The Bertz CT molecular complexity index is 3970. The van der Waals surface area contributed by atoms with E-state index < -0.39 is 0 Å². The molecule has 2 heterocycles. The second kappa shape index (κ2) is 13.0. The Morgan fingerprint density at radius 1 is 0.358 bits per heavy atom. The fourth-order valence-corrected chi connectivity index (χ4v) is 13.0. The van der Waals surface area contributed by atoms with Crippen LogP contribution in [0, 0.1) is 6.92 Å². The summed E-state index contributed by atoms with van der Waals surface area (Å²) < 4.78 is 13.8. The number of aryl methyl sites for hydroxylation is 1. The van der Waals surface area contributed by atoms with Crippen LogP contribution in [-0.4, -0.2) is 0 Å². The highest BCUT2D eigenvalue weighted by atomic mass is 16.3. The topological polar surface area (TPSA) is 29.5 Å². The van der Waals surface area contributed by atoms with Crippen molar-refractivity contribution >= 4 is 60.9 Å². The van der Waals surface area contributed by atoms with E-state index in [0.717, 1.165) is 50.3 Å². The van der Waals surface area contributed by atoms with Gasteiger partial charge in [0.25, 0.3) is 0 Å². The number of para-hydroxylation sites is 3. The molecule has 322 valence electrons. The highest BCUT2D eigenvalue weighted by molar-refractivity contribution is 6.21. The molecule has 3 aliphatic rings. The van der Waals surface area contributed by atoms with Gasteiger partial charge in [-0.3, -0.25) is 0 Å². The molecular weight excluding hydrogens is 815 g/mol. The molecule has 3 aliphatic carbocycles. The number of hydrogen-bond donors (Lipinski definition) is 0. The average molecular weight is 864 g/mol. The van der Waals surface area contributed by atoms with Crippen LogP contribution in [0.4, 0.5) is 17.1 Å². The number of anilines is 3. The van der Waals surface area contributed by atoms with Crippen molar-refractivity contribution in [2.24, 2.45) is 0 Å². The molecule has 0 unspecified atom stereocenters. The lowest BCUT2D eigenvalue weighted by Crippen LogP contribution is -2.24. The first-order chi connectivity index (χ1) is 32.4. The molecule has 9 aromatic carbocycles. The number of rotatable bonds is 4. The fourth-order valence-electron chi connectivity index (χ4n) is 13.0. The van der Waals surface area contributed by atoms with Gasteiger partial charge in [0.15, 0.2) is 0 Å². The first-order valence-electron chi connectivity index (χ1n) is 23.8. The van der Waals surface area contributed by atoms with Crippen LogP contribution in [-0.2, 0) is 16.2 Å². The van der Waals surface area contributed by atoms with Gasteiger partial charge in [0.05, 0.1) is 0 Å². The quantitative estimate of drug-likeness (QED) is 0.177. The van der Waals surface area contributed by atoms with E-state index in [1.807, 2.05) is 0 Å². The van der Waals surface area contributed by atoms with Crippen LogP contribution >= 0.6 is 0 Å². The molecule has 3 nitrogen and oxygen atoms in total. The van der Waals surface area contributed by atoms with E-state index in [2.05, 4.69) is 223 Å². The highest BCUT2D eigenvalue weighted by Gasteiger charge is 2.49. The van der Waals surface area contributed by atoms with Crippen molar-refractivity contribution in [3.8, 4) is 44.5 Å². The summed E-state index contributed by atoms with van der Waals surface area (Å²) in [6.07, 6.45) is 0. The van der Waals surface area contributed by atoms with Crippen LogP contribution < -0.4 is 4.90 Å². The van der Waals surface area contributed by atoms with E-state index in [1.54, 1.807) is 0 Å². The van der Waals surface area contributed by atoms with Crippen LogP contribution in [0.3, 0.4) is 0 Å². The van der Waals surface area contributed by atoms with Gasteiger partial charge >= 0.3 is 0 Å². The summed E-state index contributed by atoms with van der Waals surface area (Å²) in [6, 6.07) is 62.6. The largest absolute Gasteiger partial charge is 0.455 e. The van der Waals surface area contributed by atoms with Crippen LogP contribution in [0.5, 0.6) is 0 Å². The molecule has 0 saturated carbocycles. The molecule has 0 saturated heterocycles. The normalized spacial score (nSPS) is 15.4. The average Bonchev–Trinajstić information content (AvgIpc) is 4.09. The number of fused-ring (bicyclic) bond motifs is 19. The SMILES string of the molecule is Cc1ccccc1-c1cc2c(c3c1oc1ccccc13)-c1ccc(N(c3ccccc3)c3ccc4c(c3)C(C)(C)c3c5c(c6oc7ccccc7c6c3-4)-c3ccccc3C5(C)C)cc1C2(C)C. The summed E-state index contributed by atoms with van der Waals surface area (Å²) in [7, 11) is 0. The minimum atomic E-state index is -0.311. The lowest BCUT2D eigenvalue weighted by molar-refractivity contribution is 0.600. The van der Waals surface area contributed by atoms with Crippen LogP contribution in [0.1, 0.15) is 80.5 Å².